The number of hydrogen-bond acceptors (Lipinski definition) is 5. The van der Waals surface area contributed by atoms with Gasteiger partial charge >= 0.3 is 11.4 Å². The number of nitro groups is 2. The highest BCUT2D eigenvalue weighted by Crippen LogP contribution is 2.32. The zero-order valence-corrected chi connectivity index (χ0v) is 10.8. The summed E-state index contributed by atoms with van der Waals surface area (Å²) in [5.41, 5.74) is -1.70. The van der Waals surface area contributed by atoms with Crippen molar-refractivity contribution in [3.63, 3.8) is 0 Å². The van der Waals surface area contributed by atoms with Gasteiger partial charge in [-0.05, 0) is 13.8 Å². The average Bonchev–Trinajstić information content (AvgIpc) is 2.26. The lowest BCUT2D eigenvalue weighted by atomic mass is 10.1. The Hall–Kier alpha value is -2.22. The van der Waals surface area contributed by atoms with Crippen LogP contribution >= 0.6 is 11.6 Å². The number of carbonyl (C=O) groups is 1. The van der Waals surface area contributed by atoms with Crippen molar-refractivity contribution in [2.45, 2.75) is 19.9 Å². The van der Waals surface area contributed by atoms with Crippen molar-refractivity contribution in [2.24, 2.45) is 0 Å². The summed E-state index contributed by atoms with van der Waals surface area (Å²) in [6.07, 6.45) is 0. The van der Waals surface area contributed by atoms with E-state index in [-0.39, 0.29) is 16.6 Å². The van der Waals surface area contributed by atoms with Crippen LogP contribution in [0.4, 0.5) is 11.4 Å². The highest BCUT2D eigenvalue weighted by molar-refractivity contribution is 6.34. The van der Waals surface area contributed by atoms with Gasteiger partial charge in [-0.25, -0.2) is 0 Å². The molecule has 0 aliphatic heterocycles. The molecule has 1 amide bonds. The molecule has 0 aliphatic rings. The molecule has 1 N–H and O–H groups in total. The molecule has 0 aromatic heterocycles. The number of hydrogen-bond donors (Lipinski definition) is 1. The van der Waals surface area contributed by atoms with Gasteiger partial charge in [0, 0.05) is 18.2 Å². The Balaban J connectivity index is 3.36. The van der Waals surface area contributed by atoms with Gasteiger partial charge in [0.1, 0.15) is 0 Å². The number of rotatable bonds is 4. The summed E-state index contributed by atoms with van der Waals surface area (Å²) in [5.74, 6) is -0.627. The molecule has 0 atom stereocenters. The Morgan fingerprint density at radius 1 is 1.21 bits per heavy atom. The molecular weight excluding hydrogens is 278 g/mol. The van der Waals surface area contributed by atoms with Crippen molar-refractivity contribution in [2.75, 3.05) is 0 Å². The predicted molar refractivity (Wildman–Crippen MR) is 67.4 cm³/mol. The van der Waals surface area contributed by atoms with E-state index >= 15 is 0 Å². The fraction of sp³-hybridized carbons (Fsp3) is 0.300. The molecule has 0 bridgehead atoms. The van der Waals surface area contributed by atoms with Crippen LogP contribution in [0.2, 0.25) is 5.02 Å². The summed E-state index contributed by atoms with van der Waals surface area (Å²) < 4.78 is 0. The van der Waals surface area contributed by atoms with Crippen molar-refractivity contribution in [1.29, 1.82) is 0 Å². The first-order valence-corrected chi connectivity index (χ1v) is 5.55. The molecule has 0 aliphatic carbocycles. The van der Waals surface area contributed by atoms with Crippen LogP contribution in [0.3, 0.4) is 0 Å². The summed E-state index contributed by atoms with van der Waals surface area (Å²) in [7, 11) is 0. The molecule has 1 aromatic rings. The molecule has 102 valence electrons. The van der Waals surface area contributed by atoms with Gasteiger partial charge in [0.2, 0.25) is 0 Å². The summed E-state index contributed by atoms with van der Waals surface area (Å²) in [6.45, 7) is 3.40. The molecule has 8 nitrogen and oxygen atoms in total. The second-order valence-corrected chi connectivity index (χ2v) is 4.37. The van der Waals surface area contributed by atoms with E-state index in [2.05, 4.69) is 5.32 Å². The minimum Gasteiger partial charge on any atom is -0.350 e. The topological polar surface area (TPSA) is 115 Å². The Labute approximate surface area is 112 Å². The molecule has 0 radical (unpaired) electrons. The second kappa shape index (κ2) is 5.61. The van der Waals surface area contributed by atoms with Crippen molar-refractivity contribution in [3.05, 3.63) is 42.9 Å². The van der Waals surface area contributed by atoms with Crippen LogP contribution in [-0.4, -0.2) is 21.8 Å². The number of nitrogens with one attached hydrogen (secondary N) is 1. The average molecular weight is 288 g/mol. The molecule has 1 rings (SSSR count). The summed E-state index contributed by atoms with van der Waals surface area (Å²) >= 11 is 5.74. The van der Waals surface area contributed by atoms with Crippen LogP contribution in [0.25, 0.3) is 0 Å². The maximum Gasteiger partial charge on any atom is 0.347 e. The summed E-state index contributed by atoms with van der Waals surface area (Å²) in [5, 5.41) is 23.7. The van der Waals surface area contributed by atoms with Crippen LogP contribution in [0.15, 0.2) is 12.1 Å². The minimum atomic E-state index is -0.930. The quantitative estimate of drug-likeness (QED) is 0.673. The first kappa shape index (κ1) is 14.8. The van der Waals surface area contributed by atoms with Gasteiger partial charge in [-0.2, -0.15) is 0 Å². The molecule has 0 unspecified atom stereocenters. The molecule has 0 fully saturated rings. The number of benzene rings is 1. The number of carbonyl (C=O) groups excluding carboxylic acids is 1. The second-order valence-electron chi connectivity index (χ2n) is 3.96. The van der Waals surface area contributed by atoms with E-state index in [1.807, 2.05) is 0 Å². The highest BCUT2D eigenvalue weighted by Gasteiger charge is 2.28. The number of halogens is 1. The predicted octanol–water partition coefficient (Wildman–Crippen LogP) is 2.29. The highest BCUT2D eigenvalue weighted by atomic mass is 35.5. The normalized spacial score (nSPS) is 10.3. The maximum absolute atomic E-state index is 11.7. The third kappa shape index (κ3) is 3.38. The zero-order chi connectivity index (χ0) is 14.7. The number of amides is 1. The van der Waals surface area contributed by atoms with Gasteiger partial charge in [-0.1, -0.05) is 11.6 Å². The smallest absolute Gasteiger partial charge is 0.347 e. The van der Waals surface area contributed by atoms with Crippen molar-refractivity contribution in [3.8, 4) is 0 Å². The van der Waals surface area contributed by atoms with Gasteiger partial charge in [-0.3, -0.25) is 25.0 Å². The number of nitro benzene ring substituents is 2. The first-order valence-electron chi connectivity index (χ1n) is 5.17. The van der Waals surface area contributed by atoms with Crippen molar-refractivity contribution in [1.82, 2.24) is 5.32 Å². The first-order chi connectivity index (χ1) is 8.73. The Kier molecular flexibility index (Phi) is 4.38. The molecular formula is C10H10ClN3O5. The molecule has 1 aromatic carbocycles. The van der Waals surface area contributed by atoms with Crippen LogP contribution < -0.4 is 5.32 Å². The van der Waals surface area contributed by atoms with E-state index in [4.69, 9.17) is 11.6 Å². The van der Waals surface area contributed by atoms with Crippen LogP contribution in [0.1, 0.15) is 24.2 Å². The van der Waals surface area contributed by atoms with Crippen molar-refractivity contribution < 1.29 is 14.6 Å². The fourth-order valence-corrected chi connectivity index (χ4v) is 1.60. The minimum absolute atomic E-state index is 0.173. The SMILES string of the molecule is CC(C)NC(=O)c1cc([N+](=O)[O-])c([N+](=O)[O-])cc1Cl. The lowest BCUT2D eigenvalue weighted by Crippen LogP contribution is -2.30. The van der Waals surface area contributed by atoms with E-state index in [1.54, 1.807) is 13.8 Å². The molecule has 0 spiro atoms. The van der Waals surface area contributed by atoms with E-state index in [0.717, 1.165) is 12.1 Å². The molecule has 0 saturated heterocycles. The lowest BCUT2D eigenvalue weighted by Gasteiger charge is -2.09. The molecule has 19 heavy (non-hydrogen) atoms. The van der Waals surface area contributed by atoms with Gasteiger partial charge in [0.05, 0.1) is 20.4 Å². The Bertz CT molecular complexity index is 558. The van der Waals surface area contributed by atoms with Crippen molar-refractivity contribution >= 4 is 28.9 Å². The Morgan fingerprint density at radius 3 is 2.11 bits per heavy atom. The monoisotopic (exact) mass is 287 g/mol. The third-order valence-corrected chi connectivity index (χ3v) is 2.43. The Morgan fingerprint density at radius 2 is 1.68 bits per heavy atom. The van der Waals surface area contributed by atoms with E-state index in [9.17, 15) is 25.0 Å². The van der Waals surface area contributed by atoms with E-state index in [1.165, 1.54) is 0 Å². The van der Waals surface area contributed by atoms with E-state index < -0.39 is 27.1 Å². The zero-order valence-electron chi connectivity index (χ0n) is 10.0. The fourth-order valence-electron chi connectivity index (χ4n) is 1.36. The molecule has 0 heterocycles. The van der Waals surface area contributed by atoms with E-state index in [0.29, 0.717) is 0 Å². The van der Waals surface area contributed by atoms with Gasteiger partial charge in [-0.15, -0.1) is 0 Å². The van der Waals surface area contributed by atoms with Crippen LogP contribution in [0, 0.1) is 20.2 Å². The summed E-state index contributed by atoms with van der Waals surface area (Å²) in [6, 6.07) is 1.41. The van der Waals surface area contributed by atoms with Gasteiger partial charge < -0.3 is 5.32 Å². The van der Waals surface area contributed by atoms with Gasteiger partial charge in [0.15, 0.2) is 0 Å². The summed E-state index contributed by atoms with van der Waals surface area (Å²) in [4.78, 5) is 31.3. The maximum atomic E-state index is 11.7. The molecule has 9 heteroatoms. The number of nitrogens with zero attached hydrogens (tertiary/aromatic N) is 2. The largest absolute Gasteiger partial charge is 0.350 e. The molecule has 0 saturated carbocycles. The van der Waals surface area contributed by atoms with Gasteiger partial charge in [0.25, 0.3) is 5.91 Å². The standard InChI is InChI=1S/C10H10ClN3O5/c1-5(2)12-10(15)6-3-8(13(16)17)9(14(18)19)4-7(6)11/h3-5H,1-2H3,(H,12,15). The van der Waals surface area contributed by atoms with Crippen LogP contribution in [0.5, 0.6) is 0 Å². The lowest BCUT2D eigenvalue weighted by molar-refractivity contribution is -0.422. The van der Waals surface area contributed by atoms with Crippen LogP contribution in [-0.2, 0) is 0 Å². The third-order valence-electron chi connectivity index (χ3n) is 2.12.